The molecular weight excluding hydrogens is 210 g/mol. The van der Waals surface area contributed by atoms with E-state index in [2.05, 4.69) is 18.2 Å². The molecule has 3 rings (SSSR count). The van der Waals surface area contributed by atoms with E-state index in [1.165, 1.54) is 0 Å². The van der Waals surface area contributed by atoms with Crippen molar-refractivity contribution in [1.82, 2.24) is 0 Å². The summed E-state index contributed by atoms with van der Waals surface area (Å²) in [5, 5.41) is 10.0. The van der Waals surface area contributed by atoms with Gasteiger partial charge in [0.05, 0.1) is 0 Å². The third-order valence-electron chi connectivity index (χ3n) is 3.38. The van der Waals surface area contributed by atoms with Crippen LogP contribution in [0.3, 0.4) is 0 Å². The van der Waals surface area contributed by atoms with Crippen LogP contribution < -0.4 is 5.73 Å². The van der Waals surface area contributed by atoms with Crippen molar-refractivity contribution in [2.45, 2.75) is 18.4 Å². The molecule has 0 saturated heterocycles. The van der Waals surface area contributed by atoms with Gasteiger partial charge in [-0.3, -0.25) is 0 Å². The Bertz CT molecular complexity index is 536. The number of rotatable bonds is 2. The second-order valence-electron chi connectivity index (χ2n) is 4.61. The van der Waals surface area contributed by atoms with E-state index in [0.29, 0.717) is 11.7 Å². The molecule has 3 N–H and O–H groups in total. The van der Waals surface area contributed by atoms with Crippen molar-refractivity contribution in [2.24, 2.45) is 5.73 Å². The van der Waals surface area contributed by atoms with Crippen molar-refractivity contribution in [2.75, 3.05) is 0 Å². The molecule has 0 aliphatic heterocycles. The van der Waals surface area contributed by atoms with Crippen molar-refractivity contribution in [3.63, 3.8) is 0 Å². The number of phenolic OH excluding ortho intramolecular Hbond substituents is 1. The Morgan fingerprint density at radius 3 is 2.35 bits per heavy atom. The van der Waals surface area contributed by atoms with Crippen LogP contribution in [-0.4, -0.2) is 11.1 Å². The molecule has 1 aliphatic rings. The van der Waals surface area contributed by atoms with Gasteiger partial charge in [0.1, 0.15) is 5.75 Å². The fourth-order valence-corrected chi connectivity index (χ4v) is 2.36. The van der Waals surface area contributed by atoms with E-state index in [1.807, 2.05) is 24.3 Å². The average molecular weight is 225 g/mol. The van der Waals surface area contributed by atoms with Crippen LogP contribution in [0.15, 0.2) is 48.5 Å². The van der Waals surface area contributed by atoms with Gasteiger partial charge in [0.15, 0.2) is 0 Å². The molecule has 17 heavy (non-hydrogen) atoms. The lowest BCUT2D eigenvalue weighted by molar-refractivity contribution is 0.468. The van der Waals surface area contributed by atoms with Crippen LogP contribution in [0.25, 0.3) is 11.1 Å². The maximum atomic E-state index is 10.0. The summed E-state index contributed by atoms with van der Waals surface area (Å²) in [5.41, 5.74) is 9.15. The Morgan fingerprint density at radius 1 is 1.00 bits per heavy atom. The third kappa shape index (κ3) is 1.81. The van der Waals surface area contributed by atoms with Crippen LogP contribution in [-0.2, 0) is 0 Å². The first-order valence-electron chi connectivity index (χ1n) is 5.90. The van der Waals surface area contributed by atoms with Crippen LogP contribution in [0.5, 0.6) is 5.75 Å². The minimum absolute atomic E-state index is 0.200. The lowest BCUT2D eigenvalue weighted by atomic mass is 9.95. The zero-order valence-corrected chi connectivity index (χ0v) is 9.51. The Morgan fingerprint density at radius 2 is 1.71 bits per heavy atom. The van der Waals surface area contributed by atoms with E-state index in [1.54, 1.807) is 6.07 Å². The van der Waals surface area contributed by atoms with Crippen molar-refractivity contribution in [3.8, 4) is 16.9 Å². The zero-order chi connectivity index (χ0) is 11.8. The van der Waals surface area contributed by atoms with Crippen LogP contribution in [0.1, 0.15) is 17.9 Å². The summed E-state index contributed by atoms with van der Waals surface area (Å²) >= 11 is 0. The van der Waals surface area contributed by atoms with Crippen LogP contribution >= 0.6 is 0 Å². The van der Waals surface area contributed by atoms with Crippen LogP contribution in [0, 0.1) is 0 Å². The van der Waals surface area contributed by atoms with Crippen molar-refractivity contribution in [3.05, 3.63) is 54.1 Å². The molecule has 1 aliphatic carbocycles. The highest BCUT2D eigenvalue weighted by Crippen LogP contribution is 2.47. The Labute approximate surface area is 101 Å². The van der Waals surface area contributed by atoms with Gasteiger partial charge in [-0.05, 0) is 23.6 Å². The normalized spacial score (nSPS) is 22.4. The number of hydrogen-bond donors (Lipinski definition) is 2. The molecule has 0 amide bonds. The minimum Gasteiger partial charge on any atom is -0.508 e. The van der Waals surface area contributed by atoms with Crippen LogP contribution in [0.2, 0.25) is 0 Å². The van der Waals surface area contributed by atoms with Gasteiger partial charge in [-0.2, -0.15) is 0 Å². The van der Waals surface area contributed by atoms with Crippen molar-refractivity contribution < 1.29 is 5.11 Å². The SMILES string of the molecule is NC1CC1c1c(O)cccc1-c1ccccc1. The summed E-state index contributed by atoms with van der Waals surface area (Å²) in [6, 6.07) is 16.0. The van der Waals surface area contributed by atoms with Gasteiger partial charge in [-0.25, -0.2) is 0 Å². The lowest BCUT2D eigenvalue weighted by Gasteiger charge is -2.11. The topological polar surface area (TPSA) is 46.2 Å². The van der Waals surface area contributed by atoms with Crippen molar-refractivity contribution in [1.29, 1.82) is 0 Å². The minimum atomic E-state index is 0.200. The second kappa shape index (κ2) is 3.90. The van der Waals surface area contributed by atoms with E-state index < -0.39 is 0 Å². The maximum absolute atomic E-state index is 10.0. The van der Waals surface area contributed by atoms with Gasteiger partial charge in [0, 0.05) is 17.5 Å². The highest BCUT2D eigenvalue weighted by Gasteiger charge is 2.38. The Hall–Kier alpha value is -1.80. The molecule has 0 aromatic heterocycles. The first-order valence-corrected chi connectivity index (χ1v) is 5.90. The Balaban J connectivity index is 2.14. The number of hydrogen-bond acceptors (Lipinski definition) is 2. The summed E-state index contributed by atoms with van der Waals surface area (Å²) in [6.07, 6.45) is 0.970. The lowest BCUT2D eigenvalue weighted by Crippen LogP contribution is -2.02. The van der Waals surface area contributed by atoms with Crippen molar-refractivity contribution >= 4 is 0 Å². The predicted octanol–water partition coefficient (Wildman–Crippen LogP) is 2.87. The molecule has 2 atom stereocenters. The van der Waals surface area contributed by atoms with E-state index in [0.717, 1.165) is 23.1 Å². The van der Waals surface area contributed by atoms with Gasteiger partial charge < -0.3 is 10.8 Å². The summed E-state index contributed by atoms with van der Waals surface area (Å²) in [4.78, 5) is 0. The molecular formula is C15H15NO. The quantitative estimate of drug-likeness (QED) is 0.825. The largest absolute Gasteiger partial charge is 0.508 e. The molecule has 0 bridgehead atoms. The van der Waals surface area contributed by atoms with Crippen LogP contribution in [0.4, 0.5) is 0 Å². The van der Waals surface area contributed by atoms with E-state index in [-0.39, 0.29) is 6.04 Å². The Kier molecular flexibility index (Phi) is 2.37. The molecule has 86 valence electrons. The molecule has 2 unspecified atom stereocenters. The van der Waals surface area contributed by atoms with E-state index in [4.69, 9.17) is 5.73 Å². The smallest absolute Gasteiger partial charge is 0.119 e. The molecule has 2 nitrogen and oxygen atoms in total. The molecule has 0 heterocycles. The highest BCUT2D eigenvalue weighted by molar-refractivity contribution is 5.71. The summed E-state index contributed by atoms with van der Waals surface area (Å²) in [5.74, 6) is 0.677. The maximum Gasteiger partial charge on any atom is 0.119 e. The first kappa shape index (κ1) is 10.4. The molecule has 2 heteroatoms. The summed E-state index contributed by atoms with van der Waals surface area (Å²) in [6.45, 7) is 0. The first-order chi connectivity index (χ1) is 8.27. The number of aromatic hydroxyl groups is 1. The fourth-order valence-electron chi connectivity index (χ4n) is 2.36. The zero-order valence-electron chi connectivity index (χ0n) is 9.51. The second-order valence-corrected chi connectivity index (χ2v) is 4.61. The highest BCUT2D eigenvalue weighted by atomic mass is 16.3. The standard InChI is InChI=1S/C15H15NO/c16-13-9-12(13)15-11(7-4-8-14(15)17)10-5-2-1-3-6-10/h1-8,12-13,17H,9,16H2. The number of nitrogens with two attached hydrogens (primary N) is 1. The van der Waals surface area contributed by atoms with E-state index in [9.17, 15) is 5.11 Å². The molecule has 0 spiro atoms. The van der Waals surface area contributed by atoms with Gasteiger partial charge in [-0.1, -0.05) is 42.5 Å². The van der Waals surface area contributed by atoms with Gasteiger partial charge in [0.2, 0.25) is 0 Å². The molecule has 0 radical (unpaired) electrons. The summed E-state index contributed by atoms with van der Waals surface area (Å²) < 4.78 is 0. The monoisotopic (exact) mass is 225 g/mol. The molecule has 1 fully saturated rings. The van der Waals surface area contributed by atoms with Gasteiger partial charge in [-0.15, -0.1) is 0 Å². The average Bonchev–Trinajstić information content (AvgIpc) is 3.07. The van der Waals surface area contributed by atoms with E-state index >= 15 is 0 Å². The fraction of sp³-hybridized carbons (Fsp3) is 0.200. The number of benzene rings is 2. The van der Waals surface area contributed by atoms with Gasteiger partial charge >= 0.3 is 0 Å². The number of phenols is 1. The third-order valence-corrected chi connectivity index (χ3v) is 3.38. The molecule has 1 saturated carbocycles. The summed E-state index contributed by atoms with van der Waals surface area (Å²) in [7, 11) is 0. The van der Waals surface area contributed by atoms with Gasteiger partial charge in [0.25, 0.3) is 0 Å². The predicted molar refractivity (Wildman–Crippen MR) is 68.9 cm³/mol. The molecule has 2 aromatic carbocycles. The molecule has 2 aromatic rings.